The van der Waals surface area contributed by atoms with Gasteiger partial charge in [0, 0.05) is 12.5 Å². The van der Waals surface area contributed by atoms with Gasteiger partial charge in [0.2, 0.25) is 0 Å². The predicted octanol–water partition coefficient (Wildman–Crippen LogP) is 3.42. The van der Waals surface area contributed by atoms with E-state index in [2.05, 4.69) is 21.2 Å². The van der Waals surface area contributed by atoms with Crippen LogP contribution in [0.1, 0.15) is 22.6 Å². The molecule has 0 fully saturated rings. The minimum atomic E-state index is -0.119. The van der Waals surface area contributed by atoms with E-state index in [1.54, 1.807) is 18.2 Å². The number of fused-ring (bicyclic) bond motifs is 1. The second kappa shape index (κ2) is 6.89. The Bertz CT molecular complexity index is 674. The number of phenolic OH excluding ortho intramolecular Hbond substituents is 3. The summed E-state index contributed by atoms with van der Waals surface area (Å²) in [5.41, 5.74) is 3.06. The van der Waals surface area contributed by atoms with E-state index in [-0.39, 0.29) is 40.1 Å². The molecule has 1 aliphatic rings. The van der Waals surface area contributed by atoms with E-state index in [1.165, 1.54) is 0 Å². The first-order chi connectivity index (χ1) is 10.1. The first-order valence-corrected chi connectivity index (χ1v) is 7.60. The second-order valence-corrected chi connectivity index (χ2v) is 6.02. The van der Waals surface area contributed by atoms with E-state index in [1.807, 2.05) is 12.1 Å². The fourth-order valence-electron chi connectivity index (χ4n) is 2.82. The van der Waals surface area contributed by atoms with Gasteiger partial charge in [-0.25, -0.2) is 0 Å². The summed E-state index contributed by atoms with van der Waals surface area (Å²) in [4.78, 5) is 0. The zero-order chi connectivity index (χ0) is 15.0. The van der Waals surface area contributed by atoms with Crippen molar-refractivity contribution in [2.24, 2.45) is 0 Å². The van der Waals surface area contributed by atoms with Gasteiger partial charge in [-0.15, -0.1) is 17.0 Å². The molecule has 1 atom stereocenters. The molecule has 118 valence electrons. The van der Waals surface area contributed by atoms with Crippen molar-refractivity contribution in [3.63, 3.8) is 0 Å². The summed E-state index contributed by atoms with van der Waals surface area (Å²) in [6, 6.07) is 8.73. The summed E-state index contributed by atoms with van der Waals surface area (Å²) in [6.07, 6.45) is 0.776. The molecule has 6 heteroatoms. The van der Waals surface area contributed by atoms with E-state index in [0.29, 0.717) is 4.47 Å². The summed E-state index contributed by atoms with van der Waals surface area (Å²) in [5, 5.41) is 32.6. The Morgan fingerprint density at radius 3 is 2.45 bits per heavy atom. The second-order valence-electron chi connectivity index (χ2n) is 5.22. The summed E-state index contributed by atoms with van der Waals surface area (Å²) < 4.78 is 0.560. The van der Waals surface area contributed by atoms with E-state index in [9.17, 15) is 15.3 Å². The van der Waals surface area contributed by atoms with Crippen LogP contribution in [0.4, 0.5) is 0 Å². The maximum atomic E-state index is 9.92. The number of rotatable bonds is 1. The van der Waals surface area contributed by atoms with Crippen LogP contribution in [-0.4, -0.2) is 28.4 Å². The van der Waals surface area contributed by atoms with Crippen LogP contribution in [-0.2, 0) is 6.42 Å². The largest absolute Gasteiger partial charge is 0.508 e. The highest BCUT2D eigenvalue weighted by atomic mass is 79.9. The van der Waals surface area contributed by atoms with Crippen molar-refractivity contribution in [1.82, 2.24) is 5.32 Å². The van der Waals surface area contributed by atoms with Crippen LogP contribution in [0.15, 0.2) is 34.8 Å². The normalized spacial score (nSPS) is 17.2. The lowest BCUT2D eigenvalue weighted by atomic mass is 9.87. The van der Waals surface area contributed by atoms with Gasteiger partial charge in [-0.3, -0.25) is 0 Å². The van der Waals surface area contributed by atoms with Gasteiger partial charge in [0.1, 0.15) is 5.75 Å². The number of halogens is 2. The SMILES string of the molecule is Br.Oc1ccc(C2CNCCc3c2cc(O)c(O)c3Br)cc1. The van der Waals surface area contributed by atoms with Crippen molar-refractivity contribution in [2.75, 3.05) is 13.1 Å². The zero-order valence-corrected chi connectivity index (χ0v) is 15.0. The van der Waals surface area contributed by atoms with Crippen LogP contribution >= 0.6 is 32.9 Å². The van der Waals surface area contributed by atoms with Gasteiger partial charge in [0.25, 0.3) is 0 Å². The fraction of sp³-hybridized carbons (Fsp3) is 0.250. The summed E-state index contributed by atoms with van der Waals surface area (Å²) >= 11 is 3.39. The molecule has 0 saturated carbocycles. The first-order valence-electron chi connectivity index (χ1n) is 6.80. The number of phenols is 3. The average Bonchev–Trinajstić information content (AvgIpc) is 2.68. The lowest BCUT2D eigenvalue weighted by Gasteiger charge is -2.20. The van der Waals surface area contributed by atoms with Crippen LogP contribution in [0.25, 0.3) is 0 Å². The Morgan fingerprint density at radius 2 is 1.77 bits per heavy atom. The molecule has 3 rings (SSSR count). The molecule has 1 aliphatic heterocycles. The van der Waals surface area contributed by atoms with Crippen molar-refractivity contribution >= 4 is 32.9 Å². The maximum Gasteiger partial charge on any atom is 0.172 e. The Balaban J connectivity index is 0.00000176. The Hall–Kier alpha value is -1.24. The lowest BCUT2D eigenvalue weighted by Crippen LogP contribution is -2.20. The van der Waals surface area contributed by atoms with Gasteiger partial charge >= 0.3 is 0 Å². The van der Waals surface area contributed by atoms with Gasteiger partial charge in [-0.1, -0.05) is 12.1 Å². The Morgan fingerprint density at radius 1 is 1.09 bits per heavy atom. The molecule has 4 N–H and O–H groups in total. The highest BCUT2D eigenvalue weighted by Crippen LogP contribution is 2.42. The highest BCUT2D eigenvalue weighted by molar-refractivity contribution is 9.10. The van der Waals surface area contributed by atoms with Crippen molar-refractivity contribution in [3.8, 4) is 17.2 Å². The van der Waals surface area contributed by atoms with Crippen LogP contribution in [0.5, 0.6) is 17.2 Å². The van der Waals surface area contributed by atoms with Gasteiger partial charge in [-0.2, -0.15) is 0 Å². The predicted molar refractivity (Wildman–Crippen MR) is 94.3 cm³/mol. The van der Waals surface area contributed by atoms with Gasteiger partial charge in [0.05, 0.1) is 4.47 Å². The molecule has 22 heavy (non-hydrogen) atoms. The van der Waals surface area contributed by atoms with E-state index in [4.69, 9.17) is 0 Å². The molecule has 0 radical (unpaired) electrons. The number of nitrogens with one attached hydrogen (secondary N) is 1. The molecule has 0 aromatic heterocycles. The number of aromatic hydroxyl groups is 3. The van der Waals surface area contributed by atoms with Crippen LogP contribution in [0, 0.1) is 0 Å². The highest BCUT2D eigenvalue weighted by Gasteiger charge is 2.25. The summed E-state index contributed by atoms with van der Waals surface area (Å²) in [5.74, 6) is 0.0626. The quantitative estimate of drug-likeness (QED) is 0.523. The Labute approximate surface area is 147 Å². The van der Waals surface area contributed by atoms with Gasteiger partial charge in [-0.05, 0) is 63.8 Å². The molecule has 2 aromatic rings. The van der Waals surface area contributed by atoms with Gasteiger partial charge in [0.15, 0.2) is 11.5 Å². The molecule has 2 aromatic carbocycles. The van der Waals surface area contributed by atoms with Crippen LogP contribution in [0.2, 0.25) is 0 Å². The molecule has 0 spiro atoms. The number of hydrogen-bond acceptors (Lipinski definition) is 4. The molecule has 1 unspecified atom stereocenters. The molecular weight excluding hydrogens is 414 g/mol. The first kappa shape index (κ1) is 17.1. The van der Waals surface area contributed by atoms with Crippen LogP contribution < -0.4 is 5.32 Å². The zero-order valence-electron chi connectivity index (χ0n) is 11.7. The third-order valence-electron chi connectivity index (χ3n) is 3.93. The molecule has 0 amide bonds. The van der Waals surface area contributed by atoms with Crippen molar-refractivity contribution in [1.29, 1.82) is 0 Å². The molecule has 0 saturated heterocycles. The molecule has 0 bridgehead atoms. The minimum Gasteiger partial charge on any atom is -0.508 e. The lowest BCUT2D eigenvalue weighted by molar-refractivity contribution is 0.400. The van der Waals surface area contributed by atoms with Crippen molar-refractivity contribution in [2.45, 2.75) is 12.3 Å². The summed E-state index contributed by atoms with van der Waals surface area (Å²) in [6.45, 7) is 1.55. The van der Waals surface area contributed by atoms with E-state index in [0.717, 1.165) is 36.2 Å². The van der Waals surface area contributed by atoms with Crippen molar-refractivity contribution in [3.05, 3.63) is 51.5 Å². The number of benzene rings is 2. The summed E-state index contributed by atoms with van der Waals surface area (Å²) in [7, 11) is 0. The van der Waals surface area contributed by atoms with E-state index < -0.39 is 0 Å². The average molecular weight is 431 g/mol. The molecular formula is C16H17Br2NO3. The topological polar surface area (TPSA) is 72.7 Å². The van der Waals surface area contributed by atoms with Crippen LogP contribution in [0.3, 0.4) is 0 Å². The molecule has 0 aliphatic carbocycles. The third kappa shape index (κ3) is 3.09. The van der Waals surface area contributed by atoms with Crippen molar-refractivity contribution < 1.29 is 15.3 Å². The van der Waals surface area contributed by atoms with Gasteiger partial charge < -0.3 is 20.6 Å². The molecule has 4 nitrogen and oxygen atoms in total. The fourth-order valence-corrected chi connectivity index (χ4v) is 3.45. The third-order valence-corrected chi connectivity index (χ3v) is 4.78. The Kier molecular flexibility index (Phi) is 5.36. The smallest absolute Gasteiger partial charge is 0.172 e. The van der Waals surface area contributed by atoms with E-state index >= 15 is 0 Å². The maximum absolute atomic E-state index is 9.92. The monoisotopic (exact) mass is 429 g/mol. The minimum absolute atomic E-state index is 0. The number of hydrogen-bond donors (Lipinski definition) is 4. The standard InChI is InChI=1S/C16H16BrNO3.BrH/c17-15-11-5-6-18-8-13(9-1-3-10(19)4-2-9)12(11)7-14(20)16(15)21;/h1-4,7,13,18-21H,5-6,8H2;1H. The molecule has 1 heterocycles.